The number of amides is 1. The van der Waals surface area contributed by atoms with Gasteiger partial charge < -0.3 is 5.32 Å². The van der Waals surface area contributed by atoms with Crippen LogP contribution in [0.15, 0.2) is 81.2 Å². The average molecular weight is 522 g/mol. The van der Waals surface area contributed by atoms with Crippen LogP contribution in [0.1, 0.15) is 30.9 Å². The molecule has 0 saturated carbocycles. The third-order valence-electron chi connectivity index (χ3n) is 5.32. The Morgan fingerprint density at radius 3 is 2.58 bits per heavy atom. The van der Waals surface area contributed by atoms with Crippen molar-refractivity contribution in [2.45, 2.75) is 31.8 Å². The molecule has 1 heterocycles. The van der Waals surface area contributed by atoms with Gasteiger partial charge in [0.25, 0.3) is 5.56 Å². The van der Waals surface area contributed by atoms with E-state index in [4.69, 9.17) is 4.98 Å². The minimum Gasteiger partial charge on any atom is -0.325 e. The summed E-state index contributed by atoms with van der Waals surface area (Å²) in [5, 5.41) is 3.97. The molecule has 168 valence electrons. The highest BCUT2D eigenvalue weighted by molar-refractivity contribution is 9.10. The van der Waals surface area contributed by atoms with E-state index in [0.29, 0.717) is 16.1 Å². The summed E-state index contributed by atoms with van der Waals surface area (Å²) in [7, 11) is 0. The number of nitrogens with zero attached hydrogens (tertiary/aromatic N) is 2. The first kappa shape index (κ1) is 23.3. The highest BCUT2D eigenvalue weighted by Crippen LogP contribution is 2.27. The fourth-order valence-electron chi connectivity index (χ4n) is 3.65. The van der Waals surface area contributed by atoms with E-state index in [2.05, 4.69) is 35.1 Å². The molecule has 33 heavy (non-hydrogen) atoms. The van der Waals surface area contributed by atoms with Crippen molar-refractivity contribution in [3.05, 3.63) is 92.7 Å². The van der Waals surface area contributed by atoms with Gasteiger partial charge in [-0.05, 0) is 60.4 Å². The maximum atomic E-state index is 13.5. The van der Waals surface area contributed by atoms with Crippen LogP contribution in [0.3, 0.4) is 0 Å². The number of carbonyl (C=O) groups is 1. The monoisotopic (exact) mass is 521 g/mol. The molecule has 0 aliphatic heterocycles. The Morgan fingerprint density at radius 1 is 1.09 bits per heavy atom. The van der Waals surface area contributed by atoms with Gasteiger partial charge in [-0.1, -0.05) is 71.9 Å². The van der Waals surface area contributed by atoms with E-state index in [-0.39, 0.29) is 23.1 Å². The summed E-state index contributed by atoms with van der Waals surface area (Å²) in [5.74, 6) is 0.193. The van der Waals surface area contributed by atoms with Crippen molar-refractivity contribution in [2.24, 2.45) is 0 Å². The third-order valence-corrected chi connectivity index (χ3v) is 7.15. The number of hydrogen-bond acceptors (Lipinski definition) is 4. The van der Waals surface area contributed by atoms with Gasteiger partial charge in [0, 0.05) is 10.2 Å². The largest absolute Gasteiger partial charge is 0.325 e. The summed E-state index contributed by atoms with van der Waals surface area (Å²) in [6, 6.07) is 20.8. The molecule has 0 aliphatic carbocycles. The van der Waals surface area contributed by atoms with Gasteiger partial charge >= 0.3 is 0 Å². The molecular formula is C26H24BrN3O2S. The first-order valence-electron chi connectivity index (χ1n) is 10.6. The van der Waals surface area contributed by atoms with E-state index in [9.17, 15) is 9.59 Å². The molecule has 0 bridgehead atoms. The van der Waals surface area contributed by atoms with E-state index in [1.807, 2.05) is 67.6 Å². The normalized spacial score (nSPS) is 11.2. The van der Waals surface area contributed by atoms with Crippen LogP contribution in [0.5, 0.6) is 0 Å². The molecule has 0 saturated heterocycles. The minimum absolute atomic E-state index is 0.129. The van der Waals surface area contributed by atoms with Gasteiger partial charge in [0.1, 0.15) is 0 Å². The molecule has 0 fully saturated rings. The quantitative estimate of drug-likeness (QED) is 0.238. The molecule has 1 aromatic heterocycles. The van der Waals surface area contributed by atoms with Crippen molar-refractivity contribution < 1.29 is 4.79 Å². The van der Waals surface area contributed by atoms with Gasteiger partial charge in [0.05, 0.1) is 22.3 Å². The zero-order valence-corrected chi connectivity index (χ0v) is 21.0. The molecule has 4 rings (SSSR count). The van der Waals surface area contributed by atoms with Crippen molar-refractivity contribution in [1.82, 2.24) is 9.55 Å². The van der Waals surface area contributed by atoms with Gasteiger partial charge in [-0.2, -0.15) is 0 Å². The number of carbonyl (C=O) groups excluding carboxylic acids is 1. The van der Waals surface area contributed by atoms with Crippen LogP contribution in [0.4, 0.5) is 5.69 Å². The molecule has 7 heteroatoms. The van der Waals surface area contributed by atoms with Crippen molar-refractivity contribution in [3.8, 4) is 5.69 Å². The number of fused-ring (bicyclic) bond motifs is 1. The lowest BCUT2D eigenvalue weighted by Crippen LogP contribution is -2.24. The predicted molar refractivity (Wildman–Crippen MR) is 140 cm³/mol. The van der Waals surface area contributed by atoms with Crippen molar-refractivity contribution in [1.29, 1.82) is 0 Å². The van der Waals surface area contributed by atoms with Gasteiger partial charge in [-0.3, -0.25) is 14.2 Å². The summed E-state index contributed by atoms with van der Waals surface area (Å²) in [6.07, 6.45) is 0. The number of rotatable bonds is 6. The van der Waals surface area contributed by atoms with Crippen molar-refractivity contribution >= 4 is 50.2 Å². The van der Waals surface area contributed by atoms with E-state index in [1.165, 1.54) is 11.8 Å². The van der Waals surface area contributed by atoms with Crippen LogP contribution >= 0.6 is 27.7 Å². The predicted octanol–water partition coefficient (Wildman–Crippen LogP) is 6.31. The number of halogens is 1. The lowest BCUT2D eigenvalue weighted by atomic mass is 10.0. The van der Waals surface area contributed by atoms with E-state index in [1.54, 1.807) is 10.6 Å². The summed E-state index contributed by atoms with van der Waals surface area (Å²) >= 11 is 4.73. The SMILES string of the molecule is Cc1cc(NC(=O)CSc2nc3ccccc3c(=O)n2-c2ccccc2C(C)C)ccc1Br. The molecule has 0 atom stereocenters. The maximum absolute atomic E-state index is 13.5. The van der Waals surface area contributed by atoms with Gasteiger partial charge in [0.15, 0.2) is 5.16 Å². The summed E-state index contributed by atoms with van der Waals surface area (Å²) < 4.78 is 2.63. The second-order valence-electron chi connectivity index (χ2n) is 8.07. The molecular weight excluding hydrogens is 498 g/mol. The number of para-hydroxylation sites is 2. The van der Waals surface area contributed by atoms with Crippen LogP contribution in [0, 0.1) is 6.92 Å². The zero-order chi connectivity index (χ0) is 23.5. The number of hydrogen-bond donors (Lipinski definition) is 1. The molecule has 1 N–H and O–H groups in total. The Bertz CT molecular complexity index is 1400. The molecule has 0 unspecified atom stereocenters. The minimum atomic E-state index is -0.159. The molecule has 0 spiro atoms. The van der Waals surface area contributed by atoms with Gasteiger partial charge in [0.2, 0.25) is 5.91 Å². The molecule has 3 aromatic carbocycles. The van der Waals surface area contributed by atoms with Crippen LogP contribution < -0.4 is 10.9 Å². The maximum Gasteiger partial charge on any atom is 0.266 e. The van der Waals surface area contributed by atoms with Gasteiger partial charge in [-0.15, -0.1) is 0 Å². The molecule has 5 nitrogen and oxygen atoms in total. The second-order valence-corrected chi connectivity index (χ2v) is 9.86. The summed E-state index contributed by atoms with van der Waals surface area (Å²) in [4.78, 5) is 31.0. The van der Waals surface area contributed by atoms with E-state index < -0.39 is 0 Å². The second kappa shape index (κ2) is 9.93. The third kappa shape index (κ3) is 5.04. The number of aryl methyl sites for hydroxylation is 1. The molecule has 0 aliphatic rings. The summed E-state index contributed by atoms with van der Waals surface area (Å²) in [6.45, 7) is 6.16. The number of aromatic nitrogens is 2. The van der Waals surface area contributed by atoms with Crippen LogP contribution in [0.2, 0.25) is 0 Å². The Morgan fingerprint density at radius 2 is 1.82 bits per heavy atom. The smallest absolute Gasteiger partial charge is 0.266 e. The fraction of sp³-hybridized carbons (Fsp3) is 0.192. The molecule has 4 aromatic rings. The highest BCUT2D eigenvalue weighted by Gasteiger charge is 2.18. The van der Waals surface area contributed by atoms with E-state index in [0.717, 1.165) is 27.0 Å². The lowest BCUT2D eigenvalue weighted by Gasteiger charge is -2.18. The van der Waals surface area contributed by atoms with Crippen LogP contribution in [-0.4, -0.2) is 21.2 Å². The molecule has 0 radical (unpaired) electrons. The zero-order valence-electron chi connectivity index (χ0n) is 18.6. The Labute approximate surface area is 205 Å². The highest BCUT2D eigenvalue weighted by atomic mass is 79.9. The topological polar surface area (TPSA) is 64.0 Å². The van der Waals surface area contributed by atoms with Gasteiger partial charge in [-0.25, -0.2) is 4.98 Å². The number of benzene rings is 3. The Hall–Kier alpha value is -2.90. The standard InChI is InChI=1S/C26H24BrN3O2S/c1-16(2)19-8-5-7-11-23(19)30-25(32)20-9-4-6-10-22(20)29-26(30)33-15-24(31)28-18-12-13-21(27)17(3)14-18/h4-14,16H,15H2,1-3H3,(H,28,31). The van der Waals surface area contributed by atoms with Crippen LogP contribution in [0.25, 0.3) is 16.6 Å². The van der Waals surface area contributed by atoms with Crippen molar-refractivity contribution in [2.75, 3.05) is 11.1 Å². The average Bonchev–Trinajstić information content (AvgIpc) is 2.80. The molecule has 1 amide bonds. The van der Waals surface area contributed by atoms with E-state index >= 15 is 0 Å². The van der Waals surface area contributed by atoms with Crippen LogP contribution in [-0.2, 0) is 4.79 Å². The Balaban J connectivity index is 1.71. The van der Waals surface area contributed by atoms with Crippen molar-refractivity contribution in [3.63, 3.8) is 0 Å². The lowest BCUT2D eigenvalue weighted by molar-refractivity contribution is -0.113. The number of thioether (sulfide) groups is 1. The Kier molecular flexibility index (Phi) is 7.00. The summed E-state index contributed by atoms with van der Waals surface area (Å²) in [5.41, 5.74) is 4.09. The fourth-order valence-corrected chi connectivity index (χ4v) is 4.70. The number of anilines is 1. The first-order chi connectivity index (χ1) is 15.8. The first-order valence-corrected chi connectivity index (χ1v) is 12.4. The number of nitrogens with one attached hydrogen (secondary N) is 1.